The Hall–Kier alpha value is -4.20. The van der Waals surface area contributed by atoms with Crippen LogP contribution in [0, 0.1) is 10.1 Å². The van der Waals surface area contributed by atoms with Gasteiger partial charge in [-0.2, -0.15) is 18.3 Å². The number of rotatable bonds is 8. The molecule has 11 nitrogen and oxygen atoms in total. The van der Waals surface area contributed by atoms with Crippen molar-refractivity contribution in [1.29, 1.82) is 0 Å². The van der Waals surface area contributed by atoms with Crippen LogP contribution in [0.3, 0.4) is 0 Å². The zero-order chi connectivity index (χ0) is 28.3. The van der Waals surface area contributed by atoms with E-state index in [9.17, 15) is 28.1 Å². The number of nitrogens with one attached hydrogen (secondary N) is 1. The molecule has 1 heterocycles. The number of amides is 1. The number of anilines is 1. The van der Waals surface area contributed by atoms with Crippen LogP contribution in [0.25, 0.3) is 11.4 Å². The number of alkyl halides is 3. The smallest absolute Gasteiger partial charge is 0.416 e. The number of methoxy groups -OCH3 is 1. The molecule has 3 aromatic rings. The van der Waals surface area contributed by atoms with Gasteiger partial charge >= 0.3 is 18.0 Å². The van der Waals surface area contributed by atoms with Crippen molar-refractivity contribution in [3.05, 3.63) is 63.5 Å². The van der Waals surface area contributed by atoms with Crippen molar-refractivity contribution in [2.24, 2.45) is 7.05 Å². The van der Waals surface area contributed by atoms with Crippen molar-refractivity contribution in [3.8, 4) is 17.1 Å². The first-order chi connectivity index (χ1) is 17.7. The summed E-state index contributed by atoms with van der Waals surface area (Å²) in [6.45, 7) is 4.39. The van der Waals surface area contributed by atoms with Gasteiger partial charge in [0.15, 0.2) is 5.82 Å². The second-order valence-electron chi connectivity index (χ2n) is 9.23. The highest BCUT2D eigenvalue weighted by Gasteiger charge is 2.31. The van der Waals surface area contributed by atoms with E-state index >= 15 is 0 Å². The molecule has 0 aliphatic carbocycles. The quantitative estimate of drug-likeness (QED) is 0.295. The van der Waals surface area contributed by atoms with E-state index in [1.807, 2.05) is 0 Å². The Morgan fingerprint density at radius 1 is 1.11 bits per heavy atom. The molecule has 0 fully saturated rings. The van der Waals surface area contributed by atoms with Crippen molar-refractivity contribution in [2.45, 2.75) is 45.8 Å². The number of nitro benzene ring substituents is 1. The Balaban J connectivity index is 1.85. The lowest BCUT2D eigenvalue weighted by Gasteiger charge is -2.20. The van der Waals surface area contributed by atoms with Crippen molar-refractivity contribution >= 4 is 17.5 Å². The van der Waals surface area contributed by atoms with Crippen molar-refractivity contribution < 1.29 is 37.1 Å². The molecule has 0 saturated heterocycles. The Morgan fingerprint density at radius 2 is 1.76 bits per heavy atom. The molecule has 2 aromatic carbocycles. The molecule has 204 valence electrons. The molecule has 0 atom stereocenters. The molecule has 0 saturated carbocycles. The third-order valence-electron chi connectivity index (χ3n) is 4.87. The summed E-state index contributed by atoms with van der Waals surface area (Å²) in [5.41, 5.74) is -1.60. The lowest BCUT2D eigenvalue weighted by atomic mass is 10.1. The second kappa shape index (κ2) is 11.0. The van der Waals surface area contributed by atoms with Crippen LogP contribution >= 0.6 is 0 Å². The topological polar surface area (TPSA) is 131 Å². The molecule has 0 bridgehead atoms. The number of aryl methyl sites for hydroxylation is 1. The highest BCUT2D eigenvalue weighted by Crippen LogP contribution is 2.38. The van der Waals surface area contributed by atoms with E-state index in [1.54, 1.807) is 33.9 Å². The van der Waals surface area contributed by atoms with Gasteiger partial charge in [-0.3, -0.25) is 20.1 Å². The second-order valence-corrected chi connectivity index (χ2v) is 9.23. The molecule has 0 radical (unpaired) electrons. The average Bonchev–Trinajstić information content (AvgIpc) is 3.22. The Labute approximate surface area is 215 Å². The van der Waals surface area contributed by atoms with Gasteiger partial charge in [-0.25, -0.2) is 9.78 Å². The van der Waals surface area contributed by atoms with Crippen molar-refractivity contribution in [1.82, 2.24) is 14.8 Å². The summed E-state index contributed by atoms with van der Waals surface area (Å²) < 4.78 is 57.8. The summed E-state index contributed by atoms with van der Waals surface area (Å²) in [4.78, 5) is 27.2. The summed E-state index contributed by atoms with van der Waals surface area (Å²) in [5.74, 6) is 0.144. The largest absolute Gasteiger partial charge is 0.490 e. The first kappa shape index (κ1) is 28.4. The van der Waals surface area contributed by atoms with E-state index in [-0.39, 0.29) is 47.3 Å². The highest BCUT2D eigenvalue weighted by atomic mass is 19.4. The minimum absolute atomic E-state index is 0.0410. The van der Waals surface area contributed by atoms with Crippen LogP contribution in [0.2, 0.25) is 0 Å². The Morgan fingerprint density at radius 3 is 2.29 bits per heavy atom. The fraction of sp³-hybridized carbons (Fsp3) is 0.375. The summed E-state index contributed by atoms with van der Waals surface area (Å²) in [7, 11) is 2.91. The van der Waals surface area contributed by atoms with Crippen LogP contribution in [0.5, 0.6) is 5.75 Å². The number of carbonyl (C=O) groups is 1. The minimum atomic E-state index is -4.68. The Kier molecular flexibility index (Phi) is 8.25. The van der Waals surface area contributed by atoms with Gasteiger partial charge in [0.1, 0.15) is 11.9 Å². The normalized spacial score (nSPS) is 11.8. The maximum Gasteiger partial charge on any atom is 0.416 e. The van der Waals surface area contributed by atoms with Gasteiger partial charge in [0.25, 0.3) is 0 Å². The van der Waals surface area contributed by atoms with Crippen LogP contribution in [0.15, 0.2) is 36.7 Å². The first-order valence-electron chi connectivity index (χ1n) is 11.2. The molecular formula is C24H26F3N5O6. The summed E-state index contributed by atoms with van der Waals surface area (Å²) in [5, 5.41) is 18.1. The molecule has 3 rings (SSSR count). The molecule has 0 aliphatic rings. The van der Waals surface area contributed by atoms with E-state index < -0.39 is 28.4 Å². The zero-order valence-corrected chi connectivity index (χ0v) is 21.3. The van der Waals surface area contributed by atoms with Crippen molar-refractivity contribution in [3.63, 3.8) is 0 Å². The summed E-state index contributed by atoms with van der Waals surface area (Å²) in [6, 6.07) is 5.78. The maximum absolute atomic E-state index is 13.5. The van der Waals surface area contributed by atoms with Gasteiger partial charge in [-0.1, -0.05) is 0 Å². The number of aromatic nitrogens is 3. The number of halogens is 3. The van der Waals surface area contributed by atoms with E-state index in [4.69, 9.17) is 14.2 Å². The van der Waals surface area contributed by atoms with Gasteiger partial charge in [-0.15, -0.1) is 0 Å². The number of ether oxygens (including phenoxy) is 3. The molecule has 14 heteroatoms. The molecule has 0 aliphatic heterocycles. The van der Waals surface area contributed by atoms with E-state index in [2.05, 4.69) is 15.4 Å². The number of nitrogens with zero attached hydrogens (tertiary/aromatic N) is 4. The molecule has 0 unspecified atom stereocenters. The Bertz CT molecular complexity index is 1330. The predicted octanol–water partition coefficient (Wildman–Crippen LogP) is 5.48. The molecule has 38 heavy (non-hydrogen) atoms. The zero-order valence-electron chi connectivity index (χ0n) is 21.3. The fourth-order valence-corrected chi connectivity index (χ4v) is 3.45. The summed E-state index contributed by atoms with van der Waals surface area (Å²) >= 11 is 0. The third kappa shape index (κ3) is 7.41. The van der Waals surface area contributed by atoms with E-state index in [0.29, 0.717) is 5.56 Å². The number of hydrogen-bond donors (Lipinski definition) is 1. The predicted molar refractivity (Wildman–Crippen MR) is 129 cm³/mol. The molecule has 1 N–H and O–H groups in total. The minimum Gasteiger partial charge on any atom is -0.490 e. The van der Waals surface area contributed by atoms with Crippen LogP contribution in [-0.2, 0) is 35.9 Å². The van der Waals surface area contributed by atoms with Gasteiger partial charge in [-0.05, 0) is 56.2 Å². The molecule has 0 spiro atoms. The van der Waals surface area contributed by atoms with Crippen LogP contribution in [-0.4, -0.2) is 38.5 Å². The molecule has 1 amide bonds. The lowest BCUT2D eigenvalue weighted by Crippen LogP contribution is -2.27. The highest BCUT2D eigenvalue weighted by molar-refractivity contribution is 5.85. The van der Waals surface area contributed by atoms with Crippen LogP contribution < -0.4 is 10.1 Å². The van der Waals surface area contributed by atoms with Crippen LogP contribution in [0.1, 0.15) is 37.5 Å². The van der Waals surface area contributed by atoms with Crippen molar-refractivity contribution in [2.75, 3.05) is 12.4 Å². The number of carbonyl (C=O) groups excluding carboxylic acids is 1. The standard InChI is InChI=1S/C24H26F3N5O6/c1-23(2,3)38-22(33)29-17-7-14(6-16(10-17)24(25,26)27)11-37-12-15-8-18(21-28-13-31(4)30-21)20(36-5)19(9-15)32(34)35/h6-10,13H,11-12H2,1-5H3,(H,29,33). The monoisotopic (exact) mass is 537 g/mol. The third-order valence-corrected chi connectivity index (χ3v) is 4.87. The lowest BCUT2D eigenvalue weighted by molar-refractivity contribution is -0.385. The first-order valence-corrected chi connectivity index (χ1v) is 11.2. The number of nitro groups is 1. The number of hydrogen-bond acceptors (Lipinski definition) is 8. The SMILES string of the molecule is COc1c(-c2ncn(C)n2)cc(COCc2cc(NC(=O)OC(C)(C)C)cc(C(F)(F)F)c2)cc1[N+](=O)[O-]. The average molecular weight is 537 g/mol. The fourth-order valence-electron chi connectivity index (χ4n) is 3.45. The number of benzene rings is 2. The molecular weight excluding hydrogens is 511 g/mol. The van der Waals surface area contributed by atoms with Crippen LogP contribution in [0.4, 0.5) is 29.3 Å². The van der Waals surface area contributed by atoms with E-state index in [0.717, 1.165) is 12.1 Å². The van der Waals surface area contributed by atoms with Gasteiger partial charge in [0.05, 0.1) is 36.4 Å². The van der Waals surface area contributed by atoms with Gasteiger partial charge < -0.3 is 14.2 Å². The van der Waals surface area contributed by atoms with Gasteiger partial charge in [0.2, 0.25) is 5.75 Å². The van der Waals surface area contributed by atoms with E-state index in [1.165, 1.54) is 30.3 Å². The maximum atomic E-state index is 13.5. The molecule has 1 aromatic heterocycles. The van der Waals surface area contributed by atoms with Gasteiger partial charge in [0, 0.05) is 18.8 Å². The summed E-state index contributed by atoms with van der Waals surface area (Å²) in [6.07, 6.45) is -4.17.